The molecule has 100 valence electrons. The largest absolute Gasteiger partial charge is 0.484 e. The molecule has 1 aromatic rings. The number of benzene rings is 1. The second-order valence-electron chi connectivity index (χ2n) is 3.62. The van der Waals surface area contributed by atoms with Gasteiger partial charge in [0.2, 0.25) is 0 Å². The Morgan fingerprint density at radius 1 is 1.28 bits per heavy atom. The summed E-state index contributed by atoms with van der Waals surface area (Å²) in [5, 5.41) is 0. The quantitative estimate of drug-likeness (QED) is 0.815. The lowest BCUT2D eigenvalue weighted by Crippen LogP contribution is -2.41. The van der Waals surface area contributed by atoms with Gasteiger partial charge in [-0.15, -0.1) is 0 Å². The number of ether oxygens (including phenoxy) is 1. The normalized spacial score (nSPS) is 11.1. The molecule has 0 spiro atoms. The third kappa shape index (κ3) is 5.07. The number of alkyl halides is 3. The first kappa shape index (κ1) is 14.3. The lowest BCUT2D eigenvalue weighted by Gasteiger charge is -2.22. The van der Waals surface area contributed by atoms with Crippen molar-refractivity contribution in [1.82, 2.24) is 4.90 Å². The molecule has 1 amide bonds. The molecule has 0 saturated carbocycles. The van der Waals surface area contributed by atoms with Crippen LogP contribution >= 0.6 is 0 Å². The molecule has 0 unspecified atom stereocenters. The SMILES string of the molecule is CCN(CC(F)(F)F)C(=O)COc1ccccc1. The second kappa shape index (κ2) is 6.28. The third-order valence-electron chi connectivity index (χ3n) is 2.21. The van der Waals surface area contributed by atoms with Gasteiger partial charge < -0.3 is 9.64 Å². The average Bonchev–Trinajstić information content (AvgIpc) is 2.33. The number of hydrogen-bond donors (Lipinski definition) is 0. The van der Waals surface area contributed by atoms with Crippen LogP contribution in [0.3, 0.4) is 0 Å². The van der Waals surface area contributed by atoms with E-state index in [-0.39, 0.29) is 6.54 Å². The zero-order valence-corrected chi connectivity index (χ0v) is 9.91. The Hall–Kier alpha value is -1.72. The fourth-order valence-electron chi connectivity index (χ4n) is 1.35. The molecule has 0 saturated heterocycles. The number of likely N-dealkylation sites (N-methyl/N-ethyl adjacent to an activating group) is 1. The molecule has 1 rings (SSSR count). The molecular weight excluding hydrogens is 247 g/mol. The Bertz CT molecular complexity index is 379. The van der Waals surface area contributed by atoms with Crippen molar-refractivity contribution in [2.45, 2.75) is 13.1 Å². The molecule has 0 radical (unpaired) electrons. The Morgan fingerprint density at radius 3 is 2.39 bits per heavy atom. The van der Waals surface area contributed by atoms with E-state index in [1.165, 1.54) is 6.92 Å². The molecule has 0 bridgehead atoms. The van der Waals surface area contributed by atoms with Gasteiger partial charge in [0.25, 0.3) is 5.91 Å². The van der Waals surface area contributed by atoms with Gasteiger partial charge in [-0.3, -0.25) is 4.79 Å². The Balaban J connectivity index is 2.48. The highest BCUT2D eigenvalue weighted by Crippen LogP contribution is 2.16. The molecule has 0 fully saturated rings. The van der Waals surface area contributed by atoms with Crippen LogP contribution in [-0.2, 0) is 4.79 Å². The zero-order valence-electron chi connectivity index (χ0n) is 9.91. The number of amides is 1. The summed E-state index contributed by atoms with van der Waals surface area (Å²) < 4.78 is 41.7. The smallest absolute Gasteiger partial charge is 0.406 e. The summed E-state index contributed by atoms with van der Waals surface area (Å²) in [6.07, 6.45) is -4.39. The van der Waals surface area contributed by atoms with Crippen molar-refractivity contribution < 1.29 is 22.7 Å². The summed E-state index contributed by atoms with van der Waals surface area (Å²) in [4.78, 5) is 12.2. The lowest BCUT2D eigenvalue weighted by molar-refractivity contribution is -0.161. The lowest BCUT2D eigenvalue weighted by atomic mass is 10.3. The van der Waals surface area contributed by atoms with Gasteiger partial charge >= 0.3 is 6.18 Å². The van der Waals surface area contributed by atoms with Gasteiger partial charge in [-0.25, -0.2) is 0 Å². The highest BCUT2D eigenvalue weighted by molar-refractivity contribution is 5.77. The van der Waals surface area contributed by atoms with Crippen molar-refractivity contribution in [2.75, 3.05) is 19.7 Å². The molecule has 1 aromatic carbocycles. The van der Waals surface area contributed by atoms with Crippen LogP contribution in [0.2, 0.25) is 0 Å². The first-order valence-electron chi connectivity index (χ1n) is 5.44. The van der Waals surface area contributed by atoms with Gasteiger partial charge in [-0.05, 0) is 19.1 Å². The molecule has 0 aliphatic rings. The minimum absolute atomic E-state index is 0.00348. The second-order valence-corrected chi connectivity index (χ2v) is 3.62. The molecule has 0 aliphatic heterocycles. The highest BCUT2D eigenvalue weighted by Gasteiger charge is 2.32. The number of nitrogens with zero attached hydrogens (tertiary/aromatic N) is 1. The van der Waals surface area contributed by atoms with Crippen molar-refractivity contribution in [3.8, 4) is 5.75 Å². The summed E-state index contributed by atoms with van der Waals surface area (Å²) in [5.74, 6) is -0.229. The number of para-hydroxylation sites is 1. The number of halogens is 3. The van der Waals surface area contributed by atoms with E-state index >= 15 is 0 Å². The van der Waals surface area contributed by atoms with Crippen LogP contribution in [0.25, 0.3) is 0 Å². The molecular formula is C12H14F3NO2. The van der Waals surface area contributed by atoms with E-state index in [0.29, 0.717) is 10.6 Å². The van der Waals surface area contributed by atoms with Crippen molar-refractivity contribution >= 4 is 5.91 Å². The van der Waals surface area contributed by atoms with E-state index in [4.69, 9.17) is 4.74 Å². The van der Waals surface area contributed by atoms with Gasteiger partial charge in [0.15, 0.2) is 6.61 Å². The average molecular weight is 261 g/mol. The molecule has 0 aliphatic carbocycles. The fourth-order valence-corrected chi connectivity index (χ4v) is 1.35. The fraction of sp³-hybridized carbons (Fsp3) is 0.417. The number of rotatable bonds is 5. The number of hydrogen-bond acceptors (Lipinski definition) is 2. The predicted molar refractivity (Wildman–Crippen MR) is 60.2 cm³/mol. The van der Waals surface area contributed by atoms with Gasteiger partial charge in [0, 0.05) is 6.54 Å². The maximum absolute atomic E-state index is 12.2. The van der Waals surface area contributed by atoms with E-state index < -0.39 is 25.2 Å². The molecule has 18 heavy (non-hydrogen) atoms. The van der Waals surface area contributed by atoms with Crippen molar-refractivity contribution in [2.24, 2.45) is 0 Å². The van der Waals surface area contributed by atoms with Crippen LogP contribution < -0.4 is 4.74 Å². The zero-order chi connectivity index (χ0) is 13.6. The van der Waals surface area contributed by atoms with Crippen molar-refractivity contribution in [3.05, 3.63) is 30.3 Å². The van der Waals surface area contributed by atoms with E-state index in [2.05, 4.69) is 0 Å². The summed E-state index contributed by atoms with van der Waals surface area (Å²) in [6, 6.07) is 8.47. The van der Waals surface area contributed by atoms with Crippen LogP contribution in [-0.4, -0.2) is 36.7 Å². The molecule has 6 heteroatoms. The van der Waals surface area contributed by atoms with E-state index in [0.717, 1.165) is 0 Å². The van der Waals surface area contributed by atoms with Gasteiger partial charge in [0.05, 0.1) is 0 Å². The molecule has 0 atom stereocenters. The van der Waals surface area contributed by atoms with Crippen molar-refractivity contribution in [3.63, 3.8) is 0 Å². The van der Waals surface area contributed by atoms with E-state index in [9.17, 15) is 18.0 Å². The van der Waals surface area contributed by atoms with Crippen LogP contribution in [0.5, 0.6) is 5.75 Å². The summed E-state index contributed by atoms with van der Waals surface area (Å²) >= 11 is 0. The Kier molecular flexibility index (Phi) is 5.00. The molecule has 0 heterocycles. The third-order valence-corrected chi connectivity index (χ3v) is 2.21. The van der Waals surface area contributed by atoms with Crippen molar-refractivity contribution in [1.29, 1.82) is 0 Å². The van der Waals surface area contributed by atoms with E-state index in [1.807, 2.05) is 0 Å². The minimum atomic E-state index is -4.39. The van der Waals surface area contributed by atoms with Crippen LogP contribution in [0, 0.1) is 0 Å². The summed E-state index contributed by atoms with van der Waals surface area (Å²) in [7, 11) is 0. The molecule has 3 nitrogen and oxygen atoms in total. The minimum Gasteiger partial charge on any atom is -0.484 e. The van der Waals surface area contributed by atoms with Gasteiger partial charge in [-0.2, -0.15) is 13.2 Å². The first-order valence-corrected chi connectivity index (χ1v) is 5.44. The monoisotopic (exact) mass is 261 g/mol. The number of carbonyl (C=O) groups excluding carboxylic acids is 1. The predicted octanol–water partition coefficient (Wildman–Crippen LogP) is 2.48. The number of carbonyl (C=O) groups is 1. The Labute approximate surface area is 103 Å². The summed E-state index contributed by atoms with van der Waals surface area (Å²) in [6.45, 7) is -0.156. The van der Waals surface area contributed by atoms with Gasteiger partial charge in [-0.1, -0.05) is 18.2 Å². The standard InChI is InChI=1S/C12H14F3NO2/c1-2-16(9-12(13,14)15)11(17)8-18-10-6-4-3-5-7-10/h3-7H,2,8-9H2,1H3. The molecule has 0 aromatic heterocycles. The topological polar surface area (TPSA) is 29.5 Å². The maximum Gasteiger partial charge on any atom is 0.406 e. The maximum atomic E-state index is 12.2. The highest BCUT2D eigenvalue weighted by atomic mass is 19.4. The summed E-state index contributed by atoms with van der Waals surface area (Å²) in [5.41, 5.74) is 0. The van der Waals surface area contributed by atoms with Crippen LogP contribution in [0.15, 0.2) is 30.3 Å². The van der Waals surface area contributed by atoms with E-state index in [1.54, 1.807) is 30.3 Å². The Morgan fingerprint density at radius 2 is 1.89 bits per heavy atom. The molecule has 0 N–H and O–H groups in total. The van der Waals surface area contributed by atoms with Crippen LogP contribution in [0.1, 0.15) is 6.92 Å². The first-order chi connectivity index (χ1) is 8.42. The van der Waals surface area contributed by atoms with Crippen LogP contribution in [0.4, 0.5) is 13.2 Å². The van der Waals surface area contributed by atoms with Gasteiger partial charge in [0.1, 0.15) is 12.3 Å².